The normalized spacial score (nSPS) is 9.05. The Labute approximate surface area is 122 Å². The van der Waals surface area contributed by atoms with E-state index in [1.165, 1.54) is 6.42 Å². The van der Waals surface area contributed by atoms with Gasteiger partial charge in [0.25, 0.3) is 0 Å². The highest BCUT2D eigenvalue weighted by atomic mass is 16.1. The summed E-state index contributed by atoms with van der Waals surface area (Å²) < 4.78 is 0. The number of hydrogen-bond donors (Lipinski definition) is 1. The van der Waals surface area contributed by atoms with E-state index < -0.39 is 0 Å². The molecular formula is C16H38N2O. The summed E-state index contributed by atoms with van der Waals surface area (Å²) in [6, 6.07) is 0. The number of hydrogen-bond acceptors (Lipinski definition) is 2. The first kappa shape index (κ1) is 23.5. The number of nitrogens with one attached hydrogen (secondary N) is 1. The zero-order chi connectivity index (χ0) is 15.5. The standard InChI is InChI=1S/C12H26N2O.2C2H6/c1-4-5-10-13-12(15)9-7-6-8-11-14(2)3;2*1-2/h4-11H2,1-3H3,(H,13,15);2*1-2H3. The lowest BCUT2D eigenvalue weighted by atomic mass is 10.2. The number of carbonyl (C=O) groups excluding carboxylic acids is 1. The van der Waals surface area contributed by atoms with E-state index in [1.807, 2.05) is 27.7 Å². The molecule has 3 heteroatoms. The number of carbonyl (C=O) groups is 1. The fraction of sp³-hybridized carbons (Fsp3) is 0.938. The van der Waals surface area contributed by atoms with Crippen LogP contribution in [0.3, 0.4) is 0 Å². The largest absolute Gasteiger partial charge is 0.356 e. The van der Waals surface area contributed by atoms with Gasteiger partial charge in [-0.3, -0.25) is 4.79 Å². The second kappa shape index (κ2) is 22.6. The van der Waals surface area contributed by atoms with Crippen molar-refractivity contribution >= 4 is 5.91 Å². The molecule has 0 aromatic heterocycles. The van der Waals surface area contributed by atoms with Crippen molar-refractivity contribution in [1.82, 2.24) is 10.2 Å². The molecule has 1 amide bonds. The van der Waals surface area contributed by atoms with Gasteiger partial charge in [-0.1, -0.05) is 47.5 Å². The molecule has 0 aromatic carbocycles. The van der Waals surface area contributed by atoms with E-state index in [0.29, 0.717) is 6.42 Å². The minimum absolute atomic E-state index is 0.216. The molecule has 3 nitrogen and oxygen atoms in total. The van der Waals surface area contributed by atoms with Crippen LogP contribution in [0.5, 0.6) is 0 Å². The van der Waals surface area contributed by atoms with Crippen molar-refractivity contribution in [3.8, 4) is 0 Å². The van der Waals surface area contributed by atoms with Gasteiger partial charge < -0.3 is 10.2 Å². The fourth-order valence-electron chi connectivity index (χ4n) is 1.38. The molecule has 19 heavy (non-hydrogen) atoms. The van der Waals surface area contributed by atoms with Crippen LogP contribution in [0.25, 0.3) is 0 Å². The van der Waals surface area contributed by atoms with Gasteiger partial charge in [0.2, 0.25) is 5.91 Å². The minimum atomic E-state index is 0.216. The van der Waals surface area contributed by atoms with Gasteiger partial charge in [0.1, 0.15) is 0 Å². The van der Waals surface area contributed by atoms with Crippen molar-refractivity contribution < 1.29 is 4.79 Å². The molecule has 0 radical (unpaired) electrons. The van der Waals surface area contributed by atoms with Crippen LogP contribution in [-0.2, 0) is 4.79 Å². The highest BCUT2D eigenvalue weighted by Crippen LogP contribution is 2.00. The SMILES string of the molecule is CC.CC.CCCCNC(=O)CCCCCN(C)C. The van der Waals surface area contributed by atoms with Crippen molar-refractivity contribution in [2.75, 3.05) is 27.2 Å². The van der Waals surface area contributed by atoms with Crippen LogP contribution in [0.2, 0.25) is 0 Å². The van der Waals surface area contributed by atoms with Crippen LogP contribution < -0.4 is 5.32 Å². The van der Waals surface area contributed by atoms with Crippen molar-refractivity contribution in [1.29, 1.82) is 0 Å². The third-order valence-corrected chi connectivity index (χ3v) is 2.36. The van der Waals surface area contributed by atoms with Crippen LogP contribution in [-0.4, -0.2) is 38.0 Å². The number of unbranched alkanes of at least 4 members (excludes halogenated alkanes) is 3. The van der Waals surface area contributed by atoms with Crippen molar-refractivity contribution in [2.24, 2.45) is 0 Å². The molecule has 0 aliphatic carbocycles. The topological polar surface area (TPSA) is 32.3 Å². The van der Waals surface area contributed by atoms with E-state index in [-0.39, 0.29) is 5.91 Å². The molecule has 0 heterocycles. The van der Waals surface area contributed by atoms with E-state index in [4.69, 9.17) is 0 Å². The maximum Gasteiger partial charge on any atom is 0.219 e. The predicted octanol–water partition coefficient (Wildman–Crippen LogP) is 4.08. The molecule has 0 saturated heterocycles. The number of rotatable bonds is 9. The molecule has 0 aliphatic rings. The molecular weight excluding hydrogens is 236 g/mol. The molecule has 0 spiro atoms. The molecule has 0 atom stereocenters. The van der Waals surface area contributed by atoms with E-state index >= 15 is 0 Å². The van der Waals surface area contributed by atoms with Gasteiger partial charge in [-0.25, -0.2) is 0 Å². The summed E-state index contributed by atoms with van der Waals surface area (Å²) in [4.78, 5) is 13.5. The Morgan fingerprint density at radius 3 is 2.00 bits per heavy atom. The molecule has 0 unspecified atom stereocenters. The third-order valence-electron chi connectivity index (χ3n) is 2.36. The minimum Gasteiger partial charge on any atom is -0.356 e. The van der Waals surface area contributed by atoms with Crippen LogP contribution in [0.4, 0.5) is 0 Å². The molecule has 0 saturated carbocycles. The smallest absolute Gasteiger partial charge is 0.219 e. The molecule has 0 aliphatic heterocycles. The van der Waals surface area contributed by atoms with Gasteiger partial charge in [0.15, 0.2) is 0 Å². The maximum atomic E-state index is 11.3. The Bertz CT molecular complexity index is 159. The average Bonchev–Trinajstić information content (AvgIpc) is 2.43. The molecule has 0 aromatic rings. The summed E-state index contributed by atoms with van der Waals surface area (Å²) >= 11 is 0. The van der Waals surface area contributed by atoms with Crippen LogP contribution in [0.15, 0.2) is 0 Å². The first-order chi connectivity index (χ1) is 9.16. The summed E-state index contributed by atoms with van der Waals surface area (Å²) in [5, 5.41) is 2.93. The monoisotopic (exact) mass is 274 g/mol. The lowest BCUT2D eigenvalue weighted by Gasteiger charge is -2.08. The van der Waals surface area contributed by atoms with Crippen LogP contribution in [0.1, 0.15) is 73.1 Å². The Hall–Kier alpha value is -0.570. The summed E-state index contributed by atoms with van der Waals surface area (Å²) in [5.41, 5.74) is 0. The highest BCUT2D eigenvalue weighted by Gasteiger charge is 1.99. The van der Waals surface area contributed by atoms with E-state index in [9.17, 15) is 4.79 Å². The average molecular weight is 274 g/mol. The first-order valence-electron chi connectivity index (χ1n) is 8.08. The Morgan fingerprint density at radius 2 is 1.53 bits per heavy atom. The molecule has 1 N–H and O–H groups in total. The Balaban J connectivity index is -0.000000579. The van der Waals surface area contributed by atoms with Gasteiger partial charge in [0.05, 0.1) is 0 Å². The summed E-state index contributed by atoms with van der Waals surface area (Å²) in [5.74, 6) is 0.216. The summed E-state index contributed by atoms with van der Waals surface area (Å²) in [6.07, 6.45) is 6.28. The number of nitrogens with zero attached hydrogens (tertiary/aromatic N) is 1. The van der Waals surface area contributed by atoms with E-state index in [1.54, 1.807) is 0 Å². The molecule has 0 bridgehead atoms. The second-order valence-electron chi connectivity index (χ2n) is 4.32. The maximum absolute atomic E-state index is 11.3. The summed E-state index contributed by atoms with van der Waals surface area (Å²) in [7, 11) is 4.16. The van der Waals surface area contributed by atoms with Gasteiger partial charge >= 0.3 is 0 Å². The highest BCUT2D eigenvalue weighted by molar-refractivity contribution is 5.75. The quantitative estimate of drug-likeness (QED) is 0.643. The van der Waals surface area contributed by atoms with E-state index in [2.05, 4.69) is 31.2 Å². The second-order valence-corrected chi connectivity index (χ2v) is 4.32. The zero-order valence-corrected chi connectivity index (χ0v) is 14.5. The van der Waals surface area contributed by atoms with Crippen molar-refractivity contribution in [3.63, 3.8) is 0 Å². The van der Waals surface area contributed by atoms with Gasteiger partial charge in [-0.15, -0.1) is 0 Å². The van der Waals surface area contributed by atoms with Crippen molar-refractivity contribution in [2.45, 2.75) is 73.1 Å². The Kier molecular flexibility index (Phi) is 28.0. The fourth-order valence-corrected chi connectivity index (χ4v) is 1.38. The summed E-state index contributed by atoms with van der Waals surface area (Å²) in [6.45, 7) is 12.1. The zero-order valence-electron chi connectivity index (χ0n) is 14.5. The van der Waals surface area contributed by atoms with Gasteiger partial charge in [-0.05, 0) is 39.9 Å². The van der Waals surface area contributed by atoms with Gasteiger partial charge in [0, 0.05) is 13.0 Å². The lowest BCUT2D eigenvalue weighted by molar-refractivity contribution is -0.121. The van der Waals surface area contributed by atoms with E-state index in [0.717, 1.165) is 38.8 Å². The third kappa shape index (κ3) is 26.9. The van der Waals surface area contributed by atoms with Crippen molar-refractivity contribution in [3.05, 3.63) is 0 Å². The van der Waals surface area contributed by atoms with Crippen LogP contribution in [0, 0.1) is 0 Å². The molecule has 0 rings (SSSR count). The van der Waals surface area contributed by atoms with Gasteiger partial charge in [-0.2, -0.15) is 0 Å². The number of amides is 1. The Morgan fingerprint density at radius 1 is 0.947 bits per heavy atom. The predicted molar refractivity (Wildman–Crippen MR) is 87.6 cm³/mol. The lowest BCUT2D eigenvalue weighted by Crippen LogP contribution is -2.23. The molecule has 0 fully saturated rings. The first-order valence-corrected chi connectivity index (χ1v) is 8.08. The molecule has 118 valence electrons. The van der Waals surface area contributed by atoms with Crippen LogP contribution >= 0.6 is 0 Å².